The zero-order valence-corrected chi connectivity index (χ0v) is 7.97. The second-order valence-corrected chi connectivity index (χ2v) is 3.38. The van der Waals surface area contributed by atoms with Gasteiger partial charge in [0.25, 0.3) is 0 Å². The molecule has 13 heavy (non-hydrogen) atoms. The molecule has 2 aromatic rings. The first-order valence-corrected chi connectivity index (χ1v) is 4.74. The van der Waals surface area contributed by atoms with Crippen molar-refractivity contribution in [2.75, 3.05) is 7.11 Å². The number of hydrogen-bond donors (Lipinski definition) is 0. The van der Waals surface area contributed by atoms with Gasteiger partial charge in [-0.2, -0.15) is 0 Å². The Bertz CT molecular complexity index is 384. The number of rotatable bonds is 2. The molecule has 2 nitrogen and oxygen atoms in total. The third kappa shape index (κ3) is 1.70. The molecule has 0 atom stereocenters. The number of hydrogen-bond acceptors (Lipinski definition) is 3. The van der Waals surface area contributed by atoms with Crippen molar-refractivity contribution in [3.05, 3.63) is 35.8 Å². The van der Waals surface area contributed by atoms with E-state index in [9.17, 15) is 0 Å². The van der Waals surface area contributed by atoms with Crippen LogP contribution in [-0.2, 0) is 0 Å². The molecule has 0 aliphatic carbocycles. The van der Waals surface area contributed by atoms with E-state index in [0.29, 0.717) is 0 Å². The van der Waals surface area contributed by atoms with Crippen LogP contribution in [-0.4, -0.2) is 12.1 Å². The maximum absolute atomic E-state index is 5.07. The van der Waals surface area contributed by atoms with Crippen molar-refractivity contribution >= 4 is 11.3 Å². The summed E-state index contributed by atoms with van der Waals surface area (Å²) >= 11 is 1.61. The van der Waals surface area contributed by atoms with E-state index in [1.165, 1.54) is 0 Å². The zero-order chi connectivity index (χ0) is 9.10. The molecule has 0 saturated carbocycles. The van der Waals surface area contributed by atoms with E-state index in [4.69, 9.17) is 4.74 Å². The van der Waals surface area contributed by atoms with E-state index in [-0.39, 0.29) is 0 Å². The molecule has 0 spiro atoms. The first-order chi connectivity index (χ1) is 6.40. The van der Waals surface area contributed by atoms with E-state index < -0.39 is 0 Å². The van der Waals surface area contributed by atoms with Crippen LogP contribution in [0.4, 0.5) is 0 Å². The maximum atomic E-state index is 5.07. The van der Waals surface area contributed by atoms with Crippen LogP contribution >= 0.6 is 11.3 Å². The highest BCUT2D eigenvalue weighted by Gasteiger charge is 2.00. The van der Waals surface area contributed by atoms with Gasteiger partial charge in [-0.05, 0) is 12.1 Å². The summed E-state index contributed by atoms with van der Waals surface area (Å²) in [5, 5.41) is 2.96. The molecular formula is C10H8NOS. The lowest BCUT2D eigenvalue weighted by Gasteiger charge is -2.00. The van der Waals surface area contributed by atoms with Gasteiger partial charge in [0.2, 0.25) is 0 Å². The Kier molecular flexibility index (Phi) is 2.27. The molecule has 65 valence electrons. The van der Waals surface area contributed by atoms with Crippen molar-refractivity contribution in [3.63, 3.8) is 0 Å². The number of benzene rings is 1. The van der Waals surface area contributed by atoms with Crippen LogP contribution in [0.1, 0.15) is 0 Å². The first kappa shape index (κ1) is 8.26. The zero-order valence-electron chi connectivity index (χ0n) is 7.15. The molecule has 3 heteroatoms. The van der Waals surface area contributed by atoms with Crippen molar-refractivity contribution in [2.24, 2.45) is 0 Å². The average molecular weight is 190 g/mol. The van der Waals surface area contributed by atoms with Gasteiger partial charge < -0.3 is 4.74 Å². The Morgan fingerprint density at radius 2 is 2.46 bits per heavy atom. The SMILES string of the molecule is COc1[c]ccc(-c2nccs2)c1. The Morgan fingerprint density at radius 1 is 1.54 bits per heavy atom. The first-order valence-electron chi connectivity index (χ1n) is 3.86. The highest BCUT2D eigenvalue weighted by atomic mass is 32.1. The third-order valence-corrected chi connectivity index (χ3v) is 2.50. The molecule has 0 bridgehead atoms. The molecule has 0 N–H and O–H groups in total. The summed E-state index contributed by atoms with van der Waals surface area (Å²) in [6.07, 6.45) is 1.79. The molecule has 1 aromatic heterocycles. The van der Waals surface area contributed by atoms with Crippen molar-refractivity contribution in [1.82, 2.24) is 4.98 Å². The molecule has 0 fully saturated rings. The van der Waals surface area contributed by atoms with E-state index in [1.807, 2.05) is 23.6 Å². The van der Waals surface area contributed by atoms with Gasteiger partial charge in [-0.15, -0.1) is 11.3 Å². The van der Waals surface area contributed by atoms with Crippen molar-refractivity contribution < 1.29 is 4.74 Å². The second-order valence-electron chi connectivity index (χ2n) is 2.48. The van der Waals surface area contributed by atoms with Crippen LogP contribution in [0.25, 0.3) is 10.6 Å². The summed E-state index contributed by atoms with van der Waals surface area (Å²) in [5.41, 5.74) is 1.07. The predicted octanol–water partition coefficient (Wildman–Crippen LogP) is 2.62. The fourth-order valence-electron chi connectivity index (χ4n) is 1.06. The largest absolute Gasteiger partial charge is 0.496 e. The van der Waals surface area contributed by atoms with E-state index in [1.54, 1.807) is 24.6 Å². The van der Waals surface area contributed by atoms with Gasteiger partial charge >= 0.3 is 0 Å². The van der Waals surface area contributed by atoms with Gasteiger partial charge in [0.1, 0.15) is 10.8 Å². The molecule has 2 rings (SSSR count). The number of thiazole rings is 1. The highest BCUT2D eigenvalue weighted by Crippen LogP contribution is 2.24. The number of methoxy groups -OCH3 is 1. The summed E-state index contributed by atoms with van der Waals surface area (Å²) < 4.78 is 5.07. The van der Waals surface area contributed by atoms with Gasteiger partial charge in [0, 0.05) is 23.2 Å². The lowest BCUT2D eigenvalue weighted by molar-refractivity contribution is 0.414. The molecule has 1 radical (unpaired) electrons. The number of aromatic nitrogens is 1. The van der Waals surface area contributed by atoms with Gasteiger partial charge in [0.15, 0.2) is 0 Å². The monoisotopic (exact) mass is 190 g/mol. The second kappa shape index (κ2) is 3.58. The van der Waals surface area contributed by atoms with Crippen molar-refractivity contribution in [2.45, 2.75) is 0 Å². The summed E-state index contributed by atoms with van der Waals surface area (Å²) in [7, 11) is 1.64. The quantitative estimate of drug-likeness (QED) is 0.726. The van der Waals surface area contributed by atoms with Crippen LogP contribution in [0, 0.1) is 6.07 Å². The van der Waals surface area contributed by atoms with Gasteiger partial charge in [-0.1, -0.05) is 6.07 Å². The van der Waals surface area contributed by atoms with Crippen LogP contribution < -0.4 is 4.74 Å². The smallest absolute Gasteiger partial charge is 0.127 e. The fourth-order valence-corrected chi connectivity index (χ4v) is 1.70. The molecule has 0 aliphatic heterocycles. The van der Waals surface area contributed by atoms with Gasteiger partial charge in [-0.3, -0.25) is 0 Å². The van der Waals surface area contributed by atoms with E-state index >= 15 is 0 Å². The Hall–Kier alpha value is -1.35. The lowest BCUT2D eigenvalue weighted by Crippen LogP contribution is -1.83. The topological polar surface area (TPSA) is 22.1 Å². The van der Waals surface area contributed by atoms with Crippen LogP contribution in [0.5, 0.6) is 5.75 Å². The average Bonchev–Trinajstić information content (AvgIpc) is 2.71. The summed E-state index contributed by atoms with van der Waals surface area (Å²) in [4.78, 5) is 4.21. The normalized spacial score (nSPS) is 9.92. The third-order valence-electron chi connectivity index (χ3n) is 1.67. The molecule has 0 amide bonds. The molecule has 1 aromatic carbocycles. The summed E-state index contributed by atoms with van der Waals surface area (Å²) in [6, 6.07) is 8.72. The van der Waals surface area contributed by atoms with E-state index in [0.717, 1.165) is 16.3 Å². The lowest BCUT2D eigenvalue weighted by atomic mass is 10.2. The van der Waals surface area contributed by atoms with Gasteiger partial charge in [-0.25, -0.2) is 4.98 Å². The molecule has 0 unspecified atom stereocenters. The molecule has 0 aliphatic rings. The predicted molar refractivity (Wildman–Crippen MR) is 52.9 cm³/mol. The Labute approximate surface area is 80.8 Å². The Morgan fingerprint density at radius 3 is 3.15 bits per heavy atom. The highest BCUT2D eigenvalue weighted by molar-refractivity contribution is 7.13. The van der Waals surface area contributed by atoms with Crippen molar-refractivity contribution in [3.8, 4) is 16.3 Å². The van der Waals surface area contributed by atoms with E-state index in [2.05, 4.69) is 11.1 Å². The Balaban J connectivity index is 2.41. The maximum Gasteiger partial charge on any atom is 0.127 e. The summed E-state index contributed by atoms with van der Waals surface area (Å²) in [6.45, 7) is 0. The van der Waals surface area contributed by atoms with Crippen LogP contribution in [0.2, 0.25) is 0 Å². The minimum atomic E-state index is 0.743. The molecule has 0 saturated heterocycles. The fraction of sp³-hybridized carbons (Fsp3) is 0.100. The number of nitrogens with zero attached hydrogens (tertiary/aromatic N) is 1. The standard InChI is InChI=1S/C10H8NOS/c1-12-9-4-2-3-8(7-9)10-11-5-6-13-10/h2-3,5-7H,1H3. The number of ether oxygens (including phenoxy) is 1. The van der Waals surface area contributed by atoms with Crippen molar-refractivity contribution in [1.29, 1.82) is 0 Å². The summed E-state index contributed by atoms with van der Waals surface area (Å²) in [5.74, 6) is 0.743. The molecule has 1 heterocycles. The minimum Gasteiger partial charge on any atom is -0.496 e. The molecular weight excluding hydrogens is 182 g/mol. The minimum absolute atomic E-state index is 0.743. The van der Waals surface area contributed by atoms with Crippen LogP contribution in [0.3, 0.4) is 0 Å². The van der Waals surface area contributed by atoms with Gasteiger partial charge in [0.05, 0.1) is 7.11 Å². The van der Waals surface area contributed by atoms with Crippen LogP contribution in [0.15, 0.2) is 29.8 Å².